The van der Waals surface area contributed by atoms with Gasteiger partial charge in [-0.1, -0.05) is 27.7 Å². The van der Waals surface area contributed by atoms with Gasteiger partial charge in [-0.2, -0.15) is 0 Å². The summed E-state index contributed by atoms with van der Waals surface area (Å²) in [5.74, 6) is 0.678. The SMILES string of the molecule is CC(C)c1ccc2c(n1)C(C(C)C)C(=O)N2. The summed E-state index contributed by atoms with van der Waals surface area (Å²) in [6.07, 6.45) is 0. The third-order valence-corrected chi connectivity index (χ3v) is 3.04. The zero-order valence-electron chi connectivity index (χ0n) is 10.2. The summed E-state index contributed by atoms with van der Waals surface area (Å²) in [5, 5.41) is 2.89. The maximum absolute atomic E-state index is 11.8. The summed E-state index contributed by atoms with van der Waals surface area (Å²) in [6, 6.07) is 3.96. The molecule has 1 unspecified atom stereocenters. The molecule has 1 aromatic heterocycles. The van der Waals surface area contributed by atoms with Gasteiger partial charge in [-0.05, 0) is 24.0 Å². The Balaban J connectivity index is 2.46. The molecule has 1 N–H and O–H groups in total. The van der Waals surface area contributed by atoms with E-state index < -0.39 is 0 Å². The molecule has 1 aliphatic rings. The number of carbonyl (C=O) groups excluding carboxylic acids is 1. The predicted molar refractivity (Wildman–Crippen MR) is 64.5 cm³/mol. The van der Waals surface area contributed by atoms with Crippen molar-refractivity contribution in [1.82, 2.24) is 4.98 Å². The normalized spacial score (nSPS) is 19.1. The largest absolute Gasteiger partial charge is 0.324 e. The van der Waals surface area contributed by atoms with Crippen molar-refractivity contribution in [2.45, 2.75) is 39.5 Å². The first-order valence-electron chi connectivity index (χ1n) is 5.82. The number of anilines is 1. The number of nitrogens with one attached hydrogen (secondary N) is 1. The maximum atomic E-state index is 11.8. The van der Waals surface area contributed by atoms with Gasteiger partial charge in [0.1, 0.15) is 0 Å². The van der Waals surface area contributed by atoms with E-state index >= 15 is 0 Å². The van der Waals surface area contributed by atoms with Gasteiger partial charge < -0.3 is 5.32 Å². The lowest BCUT2D eigenvalue weighted by Gasteiger charge is -2.13. The zero-order valence-corrected chi connectivity index (χ0v) is 10.2. The highest BCUT2D eigenvalue weighted by Crippen LogP contribution is 2.36. The fraction of sp³-hybridized carbons (Fsp3) is 0.538. The summed E-state index contributed by atoms with van der Waals surface area (Å²) in [5.41, 5.74) is 2.86. The number of rotatable bonds is 2. The first kappa shape index (κ1) is 11.1. The third-order valence-electron chi connectivity index (χ3n) is 3.04. The number of aromatic nitrogens is 1. The van der Waals surface area contributed by atoms with Crippen LogP contribution in [0.4, 0.5) is 5.69 Å². The summed E-state index contributed by atoms with van der Waals surface area (Å²) in [6.45, 7) is 8.35. The van der Waals surface area contributed by atoms with E-state index in [2.05, 4.69) is 38.0 Å². The van der Waals surface area contributed by atoms with Crippen LogP contribution in [0.15, 0.2) is 12.1 Å². The number of nitrogens with zero attached hydrogens (tertiary/aromatic N) is 1. The minimum absolute atomic E-state index is 0.0819. The van der Waals surface area contributed by atoms with E-state index in [1.807, 2.05) is 12.1 Å². The highest BCUT2D eigenvalue weighted by molar-refractivity contribution is 6.02. The Kier molecular flexibility index (Phi) is 2.70. The van der Waals surface area contributed by atoms with Crippen LogP contribution < -0.4 is 5.32 Å². The molecule has 1 aliphatic heterocycles. The van der Waals surface area contributed by atoms with Crippen LogP contribution in [0.1, 0.15) is 50.9 Å². The smallest absolute Gasteiger partial charge is 0.233 e. The van der Waals surface area contributed by atoms with Crippen molar-refractivity contribution >= 4 is 11.6 Å². The zero-order chi connectivity index (χ0) is 11.9. The lowest BCUT2D eigenvalue weighted by molar-refractivity contribution is -0.117. The first-order valence-corrected chi connectivity index (χ1v) is 5.82. The molecule has 0 radical (unpaired) electrons. The van der Waals surface area contributed by atoms with Gasteiger partial charge in [0.2, 0.25) is 5.91 Å². The molecule has 0 fully saturated rings. The van der Waals surface area contributed by atoms with Crippen LogP contribution in [-0.2, 0) is 4.79 Å². The van der Waals surface area contributed by atoms with Crippen LogP contribution in [0.25, 0.3) is 0 Å². The summed E-state index contributed by atoms with van der Waals surface area (Å²) < 4.78 is 0. The molecular weight excluding hydrogens is 200 g/mol. The highest BCUT2D eigenvalue weighted by atomic mass is 16.2. The van der Waals surface area contributed by atoms with Gasteiger partial charge in [0.15, 0.2) is 0 Å². The Morgan fingerprint density at radius 1 is 1.25 bits per heavy atom. The van der Waals surface area contributed by atoms with Crippen LogP contribution >= 0.6 is 0 Å². The minimum Gasteiger partial charge on any atom is -0.324 e. The van der Waals surface area contributed by atoms with Crippen LogP contribution in [0.5, 0.6) is 0 Å². The second-order valence-corrected chi connectivity index (χ2v) is 5.03. The van der Waals surface area contributed by atoms with Crippen molar-refractivity contribution in [2.75, 3.05) is 5.32 Å². The molecule has 0 spiro atoms. The minimum atomic E-state index is -0.0892. The molecule has 3 nitrogen and oxygen atoms in total. The second-order valence-electron chi connectivity index (χ2n) is 5.03. The van der Waals surface area contributed by atoms with Crippen molar-refractivity contribution in [2.24, 2.45) is 5.92 Å². The van der Waals surface area contributed by atoms with Gasteiger partial charge in [0.25, 0.3) is 0 Å². The van der Waals surface area contributed by atoms with Gasteiger partial charge in [0.05, 0.1) is 17.3 Å². The number of fused-ring (bicyclic) bond motifs is 1. The lowest BCUT2D eigenvalue weighted by atomic mass is 9.93. The second kappa shape index (κ2) is 3.89. The molecule has 0 saturated carbocycles. The standard InChI is InChI=1S/C13H18N2O/c1-7(2)9-5-6-10-12(14-9)11(8(3)4)13(16)15-10/h5-8,11H,1-4H3,(H,15,16). The van der Waals surface area contributed by atoms with E-state index in [0.717, 1.165) is 17.1 Å². The molecular formula is C13H18N2O. The van der Waals surface area contributed by atoms with Gasteiger partial charge in [-0.25, -0.2) is 0 Å². The molecule has 86 valence electrons. The Morgan fingerprint density at radius 2 is 1.94 bits per heavy atom. The number of hydrogen-bond acceptors (Lipinski definition) is 2. The molecule has 1 atom stereocenters. The molecule has 0 aromatic carbocycles. The quantitative estimate of drug-likeness (QED) is 0.829. The maximum Gasteiger partial charge on any atom is 0.233 e. The van der Waals surface area contributed by atoms with E-state index in [4.69, 9.17) is 0 Å². The fourth-order valence-corrected chi connectivity index (χ4v) is 2.11. The molecule has 3 heteroatoms. The van der Waals surface area contributed by atoms with E-state index in [0.29, 0.717) is 5.92 Å². The number of amides is 1. The van der Waals surface area contributed by atoms with Crippen molar-refractivity contribution in [3.63, 3.8) is 0 Å². The molecule has 16 heavy (non-hydrogen) atoms. The highest BCUT2D eigenvalue weighted by Gasteiger charge is 2.34. The molecule has 0 bridgehead atoms. The number of hydrogen-bond donors (Lipinski definition) is 1. The summed E-state index contributed by atoms with van der Waals surface area (Å²) in [4.78, 5) is 16.4. The molecule has 1 amide bonds. The van der Waals surface area contributed by atoms with Gasteiger partial charge in [0, 0.05) is 5.69 Å². The Hall–Kier alpha value is -1.38. The average molecular weight is 218 g/mol. The van der Waals surface area contributed by atoms with Gasteiger partial charge in [-0.15, -0.1) is 0 Å². The Labute approximate surface area is 96.3 Å². The van der Waals surface area contributed by atoms with E-state index in [1.165, 1.54) is 0 Å². The van der Waals surface area contributed by atoms with Crippen LogP contribution in [0.3, 0.4) is 0 Å². The molecule has 0 saturated heterocycles. The number of carbonyl (C=O) groups is 1. The molecule has 2 heterocycles. The Bertz CT molecular complexity index is 424. The van der Waals surface area contributed by atoms with Crippen LogP contribution in [0, 0.1) is 5.92 Å². The fourth-order valence-electron chi connectivity index (χ4n) is 2.11. The Morgan fingerprint density at radius 3 is 2.50 bits per heavy atom. The first-order chi connectivity index (χ1) is 7.50. The lowest BCUT2D eigenvalue weighted by Crippen LogP contribution is -2.17. The van der Waals surface area contributed by atoms with Crippen molar-refractivity contribution in [1.29, 1.82) is 0 Å². The predicted octanol–water partition coefficient (Wildman–Crippen LogP) is 2.90. The number of pyridine rings is 1. The van der Waals surface area contributed by atoms with Crippen LogP contribution in [-0.4, -0.2) is 10.9 Å². The average Bonchev–Trinajstić information content (AvgIpc) is 2.51. The van der Waals surface area contributed by atoms with Crippen molar-refractivity contribution in [3.8, 4) is 0 Å². The van der Waals surface area contributed by atoms with Crippen LogP contribution in [0.2, 0.25) is 0 Å². The molecule has 0 aliphatic carbocycles. The topological polar surface area (TPSA) is 42.0 Å². The molecule has 2 rings (SSSR count). The monoisotopic (exact) mass is 218 g/mol. The van der Waals surface area contributed by atoms with Gasteiger partial charge >= 0.3 is 0 Å². The van der Waals surface area contributed by atoms with Gasteiger partial charge in [-0.3, -0.25) is 9.78 Å². The van der Waals surface area contributed by atoms with Crippen molar-refractivity contribution < 1.29 is 4.79 Å². The summed E-state index contributed by atoms with van der Waals surface area (Å²) >= 11 is 0. The third kappa shape index (κ3) is 1.70. The van der Waals surface area contributed by atoms with E-state index in [9.17, 15) is 4.79 Å². The summed E-state index contributed by atoms with van der Waals surface area (Å²) in [7, 11) is 0. The van der Waals surface area contributed by atoms with Crippen molar-refractivity contribution in [3.05, 3.63) is 23.5 Å². The van der Waals surface area contributed by atoms with E-state index in [-0.39, 0.29) is 17.7 Å². The molecule has 1 aromatic rings. The van der Waals surface area contributed by atoms with E-state index in [1.54, 1.807) is 0 Å².